The van der Waals surface area contributed by atoms with Crippen molar-refractivity contribution in [2.45, 2.75) is 51.2 Å². The molecule has 218 valence electrons. The van der Waals surface area contributed by atoms with Crippen LogP contribution in [0.4, 0.5) is 18.9 Å². The van der Waals surface area contributed by atoms with Crippen LogP contribution in [0.2, 0.25) is 0 Å². The van der Waals surface area contributed by atoms with Crippen molar-refractivity contribution < 1.29 is 21.6 Å². The summed E-state index contributed by atoms with van der Waals surface area (Å²) in [4.78, 5) is 2.07. The molecular formula is C29H43F3N4O2S. The molecule has 0 amide bonds. The molecule has 0 aromatic heterocycles. The first-order valence-electron chi connectivity index (χ1n) is 13.7. The molecule has 0 spiro atoms. The summed E-state index contributed by atoms with van der Waals surface area (Å²) < 4.78 is 68.0. The second-order valence-corrected chi connectivity index (χ2v) is 13.0. The molecule has 1 aliphatic heterocycles. The second-order valence-electron chi connectivity index (χ2n) is 11.0. The molecule has 2 aromatic rings. The number of hydrogen-bond acceptors (Lipinski definition) is 5. The first-order valence-corrected chi connectivity index (χ1v) is 15.4. The first-order chi connectivity index (χ1) is 18.4. The van der Waals surface area contributed by atoms with Crippen LogP contribution in [0.5, 0.6) is 0 Å². The van der Waals surface area contributed by atoms with Crippen LogP contribution < -0.4 is 15.4 Å². The van der Waals surface area contributed by atoms with Gasteiger partial charge in [-0.3, -0.25) is 0 Å². The van der Waals surface area contributed by atoms with Crippen LogP contribution in [-0.4, -0.2) is 59.3 Å². The van der Waals surface area contributed by atoms with Gasteiger partial charge < -0.3 is 15.5 Å². The van der Waals surface area contributed by atoms with Crippen LogP contribution in [0.15, 0.2) is 48.5 Å². The van der Waals surface area contributed by atoms with Gasteiger partial charge in [-0.25, -0.2) is 13.1 Å². The lowest BCUT2D eigenvalue weighted by Crippen LogP contribution is -2.34. The lowest BCUT2D eigenvalue weighted by molar-refractivity contribution is -0.137. The number of hydrogen-bond donors (Lipinski definition) is 3. The third kappa shape index (κ3) is 9.48. The fraction of sp³-hybridized carbons (Fsp3) is 0.586. The van der Waals surface area contributed by atoms with Crippen LogP contribution in [-0.2, 0) is 16.2 Å². The standard InChI is InChI=1S/C29H43F3N4O2S/c1-21(20-34-39(37,38)18-8-15-33-16-17-36(3)4)11-13-25-22(2)26-19-24(29(30,31)32)12-14-27(26)35-28(25)23-9-6-5-7-10-23/h5-7,9-10,12,14,19,21-22,25,28,33-35H,8,11,13,15-18,20H2,1-4H3/t21-,22+,25-,28+/m1/s1. The van der Waals surface area contributed by atoms with Gasteiger partial charge in [-0.05, 0) is 87.0 Å². The van der Waals surface area contributed by atoms with Gasteiger partial charge in [0.15, 0.2) is 0 Å². The highest BCUT2D eigenvalue weighted by Gasteiger charge is 2.37. The van der Waals surface area contributed by atoms with Gasteiger partial charge in [-0.1, -0.05) is 44.2 Å². The molecule has 1 heterocycles. The third-order valence-corrected chi connectivity index (χ3v) is 8.99. The van der Waals surface area contributed by atoms with Gasteiger partial charge >= 0.3 is 6.18 Å². The molecule has 0 fully saturated rings. The number of alkyl halides is 3. The van der Waals surface area contributed by atoms with Gasteiger partial charge in [0.25, 0.3) is 0 Å². The number of likely N-dealkylation sites (N-methyl/N-ethyl adjacent to an activating group) is 1. The quantitative estimate of drug-likeness (QED) is 0.264. The Morgan fingerprint density at radius 3 is 2.46 bits per heavy atom. The Labute approximate surface area is 231 Å². The zero-order chi connectivity index (χ0) is 28.6. The molecule has 4 atom stereocenters. The Hall–Kier alpha value is -2.14. The van der Waals surface area contributed by atoms with E-state index in [1.165, 1.54) is 12.1 Å². The zero-order valence-electron chi connectivity index (χ0n) is 23.4. The minimum absolute atomic E-state index is 0.0469. The van der Waals surface area contributed by atoms with Crippen molar-refractivity contribution in [1.29, 1.82) is 0 Å². The maximum absolute atomic E-state index is 13.4. The van der Waals surface area contributed by atoms with Crippen LogP contribution in [0, 0.1) is 11.8 Å². The molecule has 0 aliphatic carbocycles. The summed E-state index contributed by atoms with van der Waals surface area (Å²) in [6.07, 6.45) is -2.35. The Kier molecular flexibility index (Phi) is 11.2. The van der Waals surface area contributed by atoms with Crippen molar-refractivity contribution in [2.75, 3.05) is 51.3 Å². The largest absolute Gasteiger partial charge is 0.416 e. The highest BCUT2D eigenvalue weighted by molar-refractivity contribution is 7.89. The molecule has 10 heteroatoms. The van der Waals surface area contributed by atoms with E-state index in [4.69, 9.17) is 0 Å². The van der Waals surface area contributed by atoms with Gasteiger partial charge in [0.05, 0.1) is 17.4 Å². The van der Waals surface area contributed by atoms with E-state index >= 15 is 0 Å². The summed E-state index contributed by atoms with van der Waals surface area (Å²) in [5.41, 5.74) is 1.86. The number of halogens is 3. The normalized spacial score (nSPS) is 20.5. The molecule has 0 saturated heterocycles. The highest BCUT2D eigenvalue weighted by Crippen LogP contribution is 2.48. The van der Waals surface area contributed by atoms with Crippen LogP contribution in [0.25, 0.3) is 0 Å². The molecule has 3 rings (SSSR count). The average molecular weight is 569 g/mol. The predicted octanol–water partition coefficient (Wildman–Crippen LogP) is 5.47. The number of sulfonamides is 1. The van der Waals surface area contributed by atoms with Gasteiger partial charge in [0.2, 0.25) is 10.0 Å². The molecule has 0 radical (unpaired) electrons. The number of nitrogens with zero attached hydrogens (tertiary/aromatic N) is 1. The molecule has 2 aromatic carbocycles. The summed E-state index contributed by atoms with van der Waals surface area (Å²) in [6.45, 7) is 6.72. The average Bonchev–Trinajstić information content (AvgIpc) is 2.88. The summed E-state index contributed by atoms with van der Waals surface area (Å²) in [5.74, 6) is 0.116. The maximum Gasteiger partial charge on any atom is 0.416 e. The zero-order valence-corrected chi connectivity index (χ0v) is 24.2. The summed E-state index contributed by atoms with van der Waals surface area (Å²) in [6, 6.07) is 13.9. The molecular weight excluding hydrogens is 525 g/mol. The van der Waals surface area contributed by atoms with Crippen molar-refractivity contribution >= 4 is 15.7 Å². The minimum Gasteiger partial charge on any atom is -0.378 e. The number of anilines is 1. The molecule has 6 nitrogen and oxygen atoms in total. The maximum atomic E-state index is 13.4. The van der Waals surface area contributed by atoms with E-state index in [-0.39, 0.29) is 29.5 Å². The van der Waals surface area contributed by atoms with E-state index in [1.807, 2.05) is 58.3 Å². The van der Waals surface area contributed by atoms with E-state index in [1.54, 1.807) is 0 Å². The Morgan fingerprint density at radius 1 is 1.08 bits per heavy atom. The van der Waals surface area contributed by atoms with E-state index in [2.05, 4.69) is 20.3 Å². The van der Waals surface area contributed by atoms with Crippen molar-refractivity contribution in [3.8, 4) is 0 Å². The molecule has 0 saturated carbocycles. The smallest absolute Gasteiger partial charge is 0.378 e. The fourth-order valence-electron chi connectivity index (χ4n) is 5.18. The van der Waals surface area contributed by atoms with E-state index in [0.29, 0.717) is 25.1 Å². The fourth-order valence-corrected chi connectivity index (χ4v) is 6.39. The number of nitrogens with one attached hydrogen (secondary N) is 3. The summed E-state index contributed by atoms with van der Waals surface area (Å²) in [7, 11) is 0.620. The lowest BCUT2D eigenvalue weighted by atomic mass is 9.73. The topological polar surface area (TPSA) is 73.5 Å². The predicted molar refractivity (Wildman–Crippen MR) is 152 cm³/mol. The van der Waals surface area contributed by atoms with Gasteiger partial charge in [0.1, 0.15) is 0 Å². The van der Waals surface area contributed by atoms with E-state index < -0.39 is 21.8 Å². The second kappa shape index (κ2) is 14.0. The first kappa shape index (κ1) is 31.4. The minimum atomic E-state index is -4.39. The van der Waals surface area contributed by atoms with E-state index in [0.717, 1.165) is 43.2 Å². The van der Waals surface area contributed by atoms with Crippen LogP contribution >= 0.6 is 0 Å². The van der Waals surface area contributed by atoms with Crippen LogP contribution in [0.1, 0.15) is 61.8 Å². The summed E-state index contributed by atoms with van der Waals surface area (Å²) >= 11 is 0. The van der Waals surface area contributed by atoms with Crippen molar-refractivity contribution in [3.05, 3.63) is 65.2 Å². The number of fused-ring (bicyclic) bond motifs is 1. The Bertz CT molecular complexity index is 1140. The van der Waals surface area contributed by atoms with Crippen LogP contribution in [0.3, 0.4) is 0 Å². The van der Waals surface area contributed by atoms with Crippen molar-refractivity contribution in [3.63, 3.8) is 0 Å². The van der Waals surface area contributed by atoms with Crippen molar-refractivity contribution in [2.24, 2.45) is 11.8 Å². The van der Waals surface area contributed by atoms with Crippen molar-refractivity contribution in [1.82, 2.24) is 14.9 Å². The lowest BCUT2D eigenvalue weighted by Gasteiger charge is -2.40. The Morgan fingerprint density at radius 2 is 1.79 bits per heavy atom. The molecule has 3 N–H and O–H groups in total. The highest BCUT2D eigenvalue weighted by atomic mass is 32.2. The molecule has 0 unspecified atom stereocenters. The monoisotopic (exact) mass is 568 g/mol. The summed E-state index contributed by atoms with van der Waals surface area (Å²) in [5, 5.41) is 6.76. The molecule has 0 bridgehead atoms. The number of benzene rings is 2. The molecule has 39 heavy (non-hydrogen) atoms. The Balaban J connectivity index is 1.60. The van der Waals surface area contributed by atoms with Gasteiger partial charge in [0, 0.05) is 25.3 Å². The molecule has 1 aliphatic rings. The SMILES string of the molecule is C[C@H](CC[C@@H]1[C@H](C)c2cc(C(F)(F)F)ccc2N[C@H]1c1ccccc1)CNS(=O)(=O)CCCNCCN(C)C. The van der Waals surface area contributed by atoms with E-state index in [9.17, 15) is 21.6 Å². The number of rotatable bonds is 14. The third-order valence-electron chi connectivity index (χ3n) is 7.56. The van der Waals surface area contributed by atoms with Gasteiger partial charge in [-0.15, -0.1) is 0 Å². The van der Waals surface area contributed by atoms with Gasteiger partial charge in [-0.2, -0.15) is 13.2 Å².